The maximum absolute atomic E-state index is 12.1. The van der Waals surface area contributed by atoms with Gasteiger partial charge >= 0.3 is 0 Å². The molecule has 0 heterocycles. The lowest BCUT2D eigenvalue weighted by Gasteiger charge is -2.12. The number of unbranched alkanes of at least 4 members (excludes halogenated alkanes) is 1. The zero-order valence-electron chi connectivity index (χ0n) is 11.0. The molecule has 0 aromatic heterocycles. The number of hydrogen-bond donors (Lipinski definition) is 1. The summed E-state index contributed by atoms with van der Waals surface area (Å²) < 4.78 is 12.1. The third kappa shape index (κ3) is 4.61. The molecule has 0 aliphatic carbocycles. The number of benzene rings is 1. The molecule has 4 heteroatoms. The Morgan fingerprint density at radius 3 is 2.44 bits per heavy atom. The lowest BCUT2D eigenvalue weighted by molar-refractivity contribution is -0.121. The first-order valence-electron chi connectivity index (χ1n) is 6.29. The van der Waals surface area contributed by atoms with Gasteiger partial charge in [-0.2, -0.15) is 0 Å². The molecule has 1 amide bonds. The Hall–Kier alpha value is -1.16. The van der Waals surface area contributed by atoms with E-state index in [1.807, 2.05) is 31.2 Å². The maximum Gasteiger partial charge on any atom is 0.221 e. The molecule has 0 radical (unpaired) electrons. The second-order valence-corrected chi connectivity index (χ2v) is 6.06. The molecule has 0 aliphatic heterocycles. The summed E-state index contributed by atoms with van der Waals surface area (Å²) in [6.07, 6.45) is 2.68. The van der Waals surface area contributed by atoms with E-state index in [0.717, 1.165) is 29.7 Å². The molecule has 3 nitrogen and oxygen atoms in total. The molecule has 0 bridgehead atoms. The smallest absolute Gasteiger partial charge is 0.221 e. The van der Waals surface area contributed by atoms with E-state index in [1.54, 1.807) is 0 Å². The van der Waals surface area contributed by atoms with Gasteiger partial charge in [0.2, 0.25) is 5.91 Å². The van der Waals surface area contributed by atoms with Crippen molar-refractivity contribution in [3.05, 3.63) is 29.8 Å². The molecule has 18 heavy (non-hydrogen) atoms. The SMILES string of the molecule is CCCC[C@H](CS(=O)c1ccc(C)cc1)C(N)=O. The van der Waals surface area contributed by atoms with E-state index < -0.39 is 10.8 Å². The average Bonchev–Trinajstić information content (AvgIpc) is 2.34. The summed E-state index contributed by atoms with van der Waals surface area (Å²) in [5, 5.41) is 0. The Kier molecular flexibility index (Phi) is 6.05. The highest BCUT2D eigenvalue weighted by Gasteiger charge is 2.18. The van der Waals surface area contributed by atoms with E-state index in [1.165, 1.54) is 0 Å². The minimum atomic E-state index is -1.15. The van der Waals surface area contributed by atoms with Crippen molar-refractivity contribution in [3.63, 3.8) is 0 Å². The van der Waals surface area contributed by atoms with Gasteiger partial charge in [-0.25, -0.2) is 0 Å². The van der Waals surface area contributed by atoms with Crippen LogP contribution >= 0.6 is 0 Å². The van der Waals surface area contributed by atoms with Gasteiger partial charge in [0.25, 0.3) is 0 Å². The molecular formula is C14H21NO2S. The summed E-state index contributed by atoms with van der Waals surface area (Å²) in [6.45, 7) is 4.05. The molecular weight excluding hydrogens is 246 g/mol. The van der Waals surface area contributed by atoms with E-state index in [2.05, 4.69) is 6.92 Å². The van der Waals surface area contributed by atoms with Crippen LogP contribution in [0, 0.1) is 12.8 Å². The monoisotopic (exact) mass is 267 g/mol. The lowest BCUT2D eigenvalue weighted by Crippen LogP contribution is -2.28. The lowest BCUT2D eigenvalue weighted by atomic mass is 10.0. The molecule has 1 rings (SSSR count). The summed E-state index contributed by atoms with van der Waals surface area (Å²) in [5.74, 6) is -0.297. The van der Waals surface area contributed by atoms with E-state index in [9.17, 15) is 9.00 Å². The molecule has 0 saturated heterocycles. The number of nitrogens with two attached hydrogens (primary N) is 1. The first kappa shape index (κ1) is 14.9. The zero-order chi connectivity index (χ0) is 13.5. The van der Waals surface area contributed by atoms with Crippen molar-refractivity contribution in [1.29, 1.82) is 0 Å². The molecule has 0 aliphatic rings. The van der Waals surface area contributed by atoms with Crippen molar-refractivity contribution in [2.24, 2.45) is 11.7 Å². The van der Waals surface area contributed by atoms with Crippen molar-refractivity contribution < 1.29 is 9.00 Å². The molecule has 0 spiro atoms. The Bertz CT molecular complexity index is 414. The first-order valence-corrected chi connectivity index (χ1v) is 7.60. The Balaban J connectivity index is 2.66. The zero-order valence-corrected chi connectivity index (χ0v) is 11.8. The van der Waals surface area contributed by atoms with Crippen LogP contribution in [0.25, 0.3) is 0 Å². The van der Waals surface area contributed by atoms with Crippen molar-refractivity contribution in [2.75, 3.05) is 5.75 Å². The molecule has 0 saturated carbocycles. The van der Waals surface area contributed by atoms with Crippen LogP contribution in [0.4, 0.5) is 0 Å². The summed E-state index contributed by atoms with van der Waals surface area (Å²) in [5.41, 5.74) is 6.49. The summed E-state index contributed by atoms with van der Waals surface area (Å²) in [7, 11) is -1.15. The van der Waals surface area contributed by atoms with Crippen LogP contribution < -0.4 is 5.73 Å². The largest absolute Gasteiger partial charge is 0.369 e. The maximum atomic E-state index is 12.1. The third-order valence-electron chi connectivity index (χ3n) is 2.94. The number of hydrogen-bond acceptors (Lipinski definition) is 2. The molecule has 0 fully saturated rings. The van der Waals surface area contributed by atoms with Crippen molar-refractivity contribution in [2.45, 2.75) is 38.0 Å². The Morgan fingerprint density at radius 1 is 1.33 bits per heavy atom. The second-order valence-electron chi connectivity index (χ2n) is 4.57. The van der Waals surface area contributed by atoms with Gasteiger partial charge in [-0.15, -0.1) is 0 Å². The average molecular weight is 267 g/mol. The number of carbonyl (C=O) groups excluding carboxylic acids is 1. The molecule has 2 N–H and O–H groups in total. The highest BCUT2D eigenvalue weighted by atomic mass is 32.2. The minimum absolute atomic E-state index is 0.285. The van der Waals surface area contributed by atoms with Gasteiger partial charge in [-0.05, 0) is 25.5 Å². The van der Waals surface area contributed by atoms with Crippen LogP contribution in [0.15, 0.2) is 29.2 Å². The molecule has 2 atom stereocenters. The predicted molar refractivity (Wildman–Crippen MR) is 74.7 cm³/mol. The van der Waals surface area contributed by atoms with Crippen LogP contribution in [-0.4, -0.2) is 15.9 Å². The van der Waals surface area contributed by atoms with Gasteiger partial charge in [0.15, 0.2) is 0 Å². The van der Waals surface area contributed by atoms with Crippen LogP contribution in [0.1, 0.15) is 31.7 Å². The number of carbonyl (C=O) groups is 1. The van der Waals surface area contributed by atoms with Crippen molar-refractivity contribution in [3.8, 4) is 0 Å². The van der Waals surface area contributed by atoms with Crippen LogP contribution in [-0.2, 0) is 15.6 Å². The molecule has 1 unspecified atom stereocenters. The predicted octanol–water partition coefficient (Wildman–Crippen LogP) is 2.39. The van der Waals surface area contributed by atoms with E-state index in [-0.39, 0.29) is 11.8 Å². The number of aryl methyl sites for hydroxylation is 1. The fourth-order valence-electron chi connectivity index (χ4n) is 1.73. The molecule has 100 valence electrons. The van der Waals surface area contributed by atoms with Gasteiger partial charge in [-0.1, -0.05) is 37.5 Å². The van der Waals surface area contributed by atoms with Crippen molar-refractivity contribution >= 4 is 16.7 Å². The summed E-state index contributed by atoms with van der Waals surface area (Å²) in [6, 6.07) is 7.56. The number of amides is 1. The first-order chi connectivity index (χ1) is 8.54. The quantitative estimate of drug-likeness (QED) is 0.824. The van der Waals surface area contributed by atoms with Crippen LogP contribution in [0.3, 0.4) is 0 Å². The standard InChI is InChI=1S/C14H21NO2S/c1-3-4-5-12(14(15)16)10-18(17)13-8-6-11(2)7-9-13/h6-9,12H,3-5,10H2,1-2H3,(H2,15,16)/t12-,18?/m1/s1. The van der Waals surface area contributed by atoms with Gasteiger partial charge < -0.3 is 5.73 Å². The van der Waals surface area contributed by atoms with Crippen LogP contribution in [0.5, 0.6) is 0 Å². The van der Waals surface area contributed by atoms with E-state index in [4.69, 9.17) is 5.73 Å². The van der Waals surface area contributed by atoms with E-state index in [0.29, 0.717) is 5.75 Å². The van der Waals surface area contributed by atoms with Gasteiger partial charge in [0.05, 0.1) is 10.8 Å². The normalized spacial score (nSPS) is 14.1. The number of primary amides is 1. The molecule has 1 aromatic rings. The van der Waals surface area contributed by atoms with Gasteiger partial charge in [0, 0.05) is 16.6 Å². The Morgan fingerprint density at radius 2 is 1.94 bits per heavy atom. The topological polar surface area (TPSA) is 60.2 Å². The number of rotatable bonds is 7. The fourth-order valence-corrected chi connectivity index (χ4v) is 3.06. The second kappa shape index (κ2) is 7.31. The highest BCUT2D eigenvalue weighted by molar-refractivity contribution is 7.85. The fraction of sp³-hybridized carbons (Fsp3) is 0.500. The summed E-state index contributed by atoms with van der Waals surface area (Å²) in [4.78, 5) is 12.1. The van der Waals surface area contributed by atoms with Gasteiger partial charge in [-0.3, -0.25) is 9.00 Å². The van der Waals surface area contributed by atoms with Crippen molar-refractivity contribution in [1.82, 2.24) is 0 Å². The molecule has 1 aromatic carbocycles. The van der Waals surface area contributed by atoms with E-state index >= 15 is 0 Å². The minimum Gasteiger partial charge on any atom is -0.369 e. The van der Waals surface area contributed by atoms with Crippen LogP contribution in [0.2, 0.25) is 0 Å². The summed E-state index contributed by atoms with van der Waals surface area (Å²) >= 11 is 0. The Labute approximate surface area is 111 Å². The highest BCUT2D eigenvalue weighted by Crippen LogP contribution is 2.15. The third-order valence-corrected chi connectivity index (χ3v) is 4.45. The van der Waals surface area contributed by atoms with Gasteiger partial charge in [0.1, 0.15) is 0 Å².